The van der Waals surface area contributed by atoms with Gasteiger partial charge in [0.1, 0.15) is 24.3 Å². The molecule has 2 aromatic carbocycles. The molecule has 2 heterocycles. The predicted molar refractivity (Wildman–Crippen MR) is 259 cm³/mol. The molecular formula is C51H77N4O12P. The average molecular weight is 969 g/mol. The smallest absolute Gasteiger partial charge is 0.326 e. The fourth-order valence-electron chi connectivity index (χ4n) is 9.53. The van der Waals surface area contributed by atoms with Crippen LogP contribution in [0.3, 0.4) is 0 Å². The molecule has 378 valence electrons. The van der Waals surface area contributed by atoms with Gasteiger partial charge in [-0.05, 0) is 93.7 Å². The number of esters is 1. The van der Waals surface area contributed by atoms with E-state index in [1.54, 1.807) is 6.92 Å². The molecule has 0 spiro atoms. The number of rotatable bonds is 26. The third kappa shape index (κ3) is 18.0. The highest BCUT2D eigenvalue weighted by Gasteiger charge is 2.45. The number of benzene rings is 2. The zero-order chi connectivity index (χ0) is 49.6. The van der Waals surface area contributed by atoms with Crippen molar-refractivity contribution in [2.75, 3.05) is 32.0 Å². The Morgan fingerprint density at radius 2 is 1.38 bits per heavy atom. The molecule has 6 N–H and O–H groups in total. The van der Waals surface area contributed by atoms with Crippen LogP contribution < -0.4 is 11.1 Å². The summed E-state index contributed by atoms with van der Waals surface area (Å²) < 4.78 is 25.7. The quantitative estimate of drug-likeness (QED) is 0.0268. The third-order valence-corrected chi connectivity index (χ3v) is 15.7. The molecule has 2 aliphatic heterocycles. The fraction of sp³-hybridized carbons (Fsp3) is 0.647. The largest absolute Gasteiger partial charge is 0.480 e. The van der Waals surface area contributed by atoms with E-state index in [2.05, 4.69) is 5.32 Å². The van der Waals surface area contributed by atoms with E-state index in [4.69, 9.17) is 15.0 Å². The molecule has 3 fully saturated rings. The van der Waals surface area contributed by atoms with Crippen LogP contribution in [0, 0.1) is 17.8 Å². The number of nitrogens with one attached hydrogen (secondary N) is 1. The highest BCUT2D eigenvalue weighted by Crippen LogP contribution is 2.51. The molecule has 2 unspecified atom stereocenters. The summed E-state index contributed by atoms with van der Waals surface area (Å²) in [6, 6.07) is 16.2. The summed E-state index contributed by atoms with van der Waals surface area (Å²) in [6.07, 6.45) is 10.9. The predicted octanol–water partition coefficient (Wildman–Crippen LogP) is 7.36. The number of ether oxygens (including phenoxy) is 1. The number of likely N-dealkylation sites (tertiary alicyclic amines) is 2. The highest BCUT2D eigenvalue weighted by molar-refractivity contribution is 7.59. The number of carbonyl (C=O) groups is 6. The molecule has 7 atom stereocenters. The minimum absolute atomic E-state index is 0.149. The number of amides is 2. The second kappa shape index (κ2) is 28.8. The molecule has 3 aliphatic rings. The van der Waals surface area contributed by atoms with Crippen LogP contribution in [-0.4, -0.2) is 123 Å². The van der Waals surface area contributed by atoms with Gasteiger partial charge in [-0.2, -0.15) is 0 Å². The highest BCUT2D eigenvalue weighted by atomic mass is 31.2. The Hall–Kier alpha value is -4.63. The molecule has 1 aliphatic carbocycles. The Bertz CT molecular complexity index is 1950. The lowest BCUT2D eigenvalue weighted by atomic mass is 9.79. The van der Waals surface area contributed by atoms with Crippen LogP contribution in [0.5, 0.6) is 0 Å². The van der Waals surface area contributed by atoms with Crippen LogP contribution >= 0.6 is 7.37 Å². The molecule has 0 bridgehead atoms. The van der Waals surface area contributed by atoms with Crippen molar-refractivity contribution >= 4 is 43.1 Å². The first-order valence-corrected chi connectivity index (χ1v) is 26.8. The number of aryl methyl sites for hydroxylation is 2. The van der Waals surface area contributed by atoms with Gasteiger partial charge in [0.15, 0.2) is 0 Å². The fourth-order valence-corrected chi connectivity index (χ4v) is 11.8. The van der Waals surface area contributed by atoms with Crippen molar-refractivity contribution in [1.29, 1.82) is 0 Å². The van der Waals surface area contributed by atoms with Gasteiger partial charge in [0.25, 0.3) is 0 Å². The molecule has 2 saturated heterocycles. The summed E-state index contributed by atoms with van der Waals surface area (Å²) in [7, 11) is -3.60. The van der Waals surface area contributed by atoms with Gasteiger partial charge >= 0.3 is 23.9 Å². The van der Waals surface area contributed by atoms with Gasteiger partial charge in [-0.25, -0.2) is 9.59 Å². The number of nitrogens with zero attached hydrogens (tertiary/aromatic N) is 2. The maximum Gasteiger partial charge on any atom is 0.326 e. The Kier molecular flexibility index (Phi) is 23.7. The second-order valence-electron chi connectivity index (χ2n) is 18.9. The number of nitrogens with two attached hydrogens (primary N) is 1. The van der Waals surface area contributed by atoms with Gasteiger partial charge in [0.05, 0.1) is 6.04 Å². The zero-order valence-corrected chi connectivity index (χ0v) is 41.3. The van der Waals surface area contributed by atoms with Gasteiger partial charge in [-0.15, -0.1) is 0 Å². The lowest BCUT2D eigenvalue weighted by Crippen LogP contribution is -2.54. The molecule has 0 aromatic heterocycles. The summed E-state index contributed by atoms with van der Waals surface area (Å²) in [5, 5.41) is 32.0. The van der Waals surface area contributed by atoms with Crippen molar-refractivity contribution in [1.82, 2.24) is 15.1 Å². The monoisotopic (exact) mass is 969 g/mol. The van der Waals surface area contributed by atoms with Crippen molar-refractivity contribution in [2.45, 2.75) is 160 Å². The maximum atomic E-state index is 14.2. The molecule has 16 nitrogen and oxygen atoms in total. The third-order valence-electron chi connectivity index (χ3n) is 13.4. The summed E-state index contributed by atoms with van der Waals surface area (Å²) in [6.45, 7) is 6.54. The van der Waals surface area contributed by atoms with Crippen LogP contribution in [0.2, 0.25) is 0 Å². The van der Waals surface area contributed by atoms with Gasteiger partial charge in [-0.3, -0.25) is 33.6 Å². The lowest BCUT2D eigenvalue weighted by Gasteiger charge is -2.30. The normalized spacial score (nSPS) is 20.7. The Labute approximate surface area is 402 Å². The van der Waals surface area contributed by atoms with Crippen molar-refractivity contribution in [2.24, 2.45) is 23.5 Å². The molecule has 68 heavy (non-hydrogen) atoms. The number of carboxylic acid groups (broad SMARTS) is 3. The molecule has 17 heteroatoms. The first-order chi connectivity index (χ1) is 32.5. The summed E-state index contributed by atoms with van der Waals surface area (Å²) in [4.78, 5) is 76.9. The molecule has 2 amide bonds. The minimum Gasteiger partial charge on any atom is -0.480 e. The molecule has 5 rings (SSSR count). The van der Waals surface area contributed by atoms with Crippen LogP contribution in [0.15, 0.2) is 60.7 Å². The van der Waals surface area contributed by atoms with Gasteiger partial charge in [-0.1, -0.05) is 120 Å². The summed E-state index contributed by atoms with van der Waals surface area (Å²) in [5.74, 6) is -3.98. The lowest BCUT2D eigenvalue weighted by molar-refractivity contribution is -0.169. The van der Waals surface area contributed by atoms with E-state index >= 15 is 0 Å². The average Bonchev–Trinajstić information content (AvgIpc) is 4.02. The van der Waals surface area contributed by atoms with E-state index in [1.165, 1.54) is 21.8 Å². The topological polar surface area (TPSA) is 243 Å². The SMILES string of the molecule is CCC(=O)OC(OP(=O)(CCCCc1ccccc1)CC(=O)N1C[C@H](C2CCCCC2)C[C@H]1C(=O)O)C(C)C.NCCCC[C@H](N[C@@H](CCc1ccccc1)C(=O)O)C(=O)N1CCC[C@H]1C(=O)O. The molecule has 1 saturated carbocycles. The minimum atomic E-state index is -3.60. The van der Waals surface area contributed by atoms with Crippen molar-refractivity contribution in [3.63, 3.8) is 0 Å². The number of carbonyl (C=O) groups excluding carboxylic acids is 3. The van der Waals surface area contributed by atoms with Crippen molar-refractivity contribution in [3.05, 3.63) is 71.8 Å². The first kappa shape index (κ1) is 56.0. The second-order valence-corrected chi connectivity index (χ2v) is 21.5. The summed E-state index contributed by atoms with van der Waals surface area (Å²) in [5.41, 5.74) is 7.75. The van der Waals surface area contributed by atoms with Crippen molar-refractivity contribution < 1.29 is 57.9 Å². The Balaban J connectivity index is 0.000000310. The number of hydrogen-bond donors (Lipinski definition) is 5. The molecular weight excluding hydrogens is 892 g/mol. The van der Waals surface area contributed by atoms with Crippen LogP contribution in [0.4, 0.5) is 0 Å². The van der Waals surface area contributed by atoms with Crippen LogP contribution in [0.1, 0.15) is 128 Å². The first-order valence-electron chi connectivity index (χ1n) is 24.8. The van der Waals surface area contributed by atoms with E-state index in [0.717, 1.165) is 50.5 Å². The van der Waals surface area contributed by atoms with Crippen molar-refractivity contribution in [3.8, 4) is 0 Å². The van der Waals surface area contributed by atoms with E-state index in [1.807, 2.05) is 74.5 Å². The maximum absolute atomic E-state index is 14.2. The Morgan fingerprint density at radius 1 is 0.750 bits per heavy atom. The number of hydrogen-bond acceptors (Lipinski definition) is 11. The number of carboxylic acids is 3. The van der Waals surface area contributed by atoms with E-state index in [9.17, 15) is 48.7 Å². The number of unbranched alkanes of at least 4 members (excludes halogenated alkanes) is 2. The van der Waals surface area contributed by atoms with Crippen LogP contribution in [-0.2, 0) is 55.4 Å². The van der Waals surface area contributed by atoms with E-state index in [-0.39, 0.29) is 36.5 Å². The number of aliphatic carboxylic acids is 3. The van der Waals surface area contributed by atoms with Gasteiger partial charge < -0.3 is 35.6 Å². The van der Waals surface area contributed by atoms with Gasteiger partial charge in [0.2, 0.25) is 25.5 Å². The zero-order valence-electron chi connectivity index (χ0n) is 40.4. The van der Waals surface area contributed by atoms with E-state index < -0.39 is 67.6 Å². The Morgan fingerprint density at radius 3 is 1.96 bits per heavy atom. The van der Waals surface area contributed by atoms with Gasteiger partial charge in [0, 0.05) is 31.6 Å². The summed E-state index contributed by atoms with van der Waals surface area (Å²) >= 11 is 0. The van der Waals surface area contributed by atoms with Crippen LogP contribution in [0.25, 0.3) is 0 Å². The standard InChI is InChI=1S/C30H46NO7P.C21H31N3O5/c1-4-28(33)37-30(22(2)3)38-39(36,18-12-11-15-23-13-7-5-8-14-23)21-27(32)31-20-25(19-26(31)29(34)35)24-16-9-6-10-17-24;22-13-5-4-9-16(19(25)24-14-6-10-18(24)21(28)29)23-17(20(26)27)12-11-15-7-2-1-3-8-15/h5,7-8,13-14,22,24-26,30H,4,6,9-12,15-21H2,1-3H3,(H,34,35);1-3,7-8,16-18,23H,4-6,9-14,22H2,(H,26,27)(H,28,29)/t25-,26+,30?,39?;16-,17-,18-/m10/s1. The molecule has 0 radical (unpaired) electrons. The van der Waals surface area contributed by atoms with E-state index in [0.29, 0.717) is 76.9 Å². The molecule has 2 aromatic rings.